The van der Waals surface area contributed by atoms with Crippen molar-refractivity contribution < 1.29 is 43.3 Å². The number of amides is 4. The molecule has 4 amide bonds. The van der Waals surface area contributed by atoms with Crippen molar-refractivity contribution in [1.29, 1.82) is 5.41 Å². The van der Waals surface area contributed by atoms with Gasteiger partial charge in [-0.2, -0.15) is 0 Å². The Hall–Kier alpha value is -5.06. The van der Waals surface area contributed by atoms with Gasteiger partial charge in [0.1, 0.15) is 11.8 Å². The Labute approximate surface area is 307 Å². The van der Waals surface area contributed by atoms with Gasteiger partial charge >= 0.3 is 12.1 Å². The molecule has 8 N–H and O–H groups in total. The number of carbonyl (C=O) groups excluding carboxylic acids is 4. The zero-order valence-electron chi connectivity index (χ0n) is 30.4. The molecule has 1 spiro atoms. The van der Waals surface area contributed by atoms with Crippen molar-refractivity contribution in [2.45, 2.75) is 81.5 Å². The largest absolute Gasteiger partial charge is 0.493 e. The van der Waals surface area contributed by atoms with E-state index in [4.69, 9.17) is 25.4 Å². The molecule has 17 nitrogen and oxygen atoms in total. The SMILES string of the molecule is COc1ccc2c3c1OC1C(OC(=O)N4CCC(C(=O)O)CC4CNC(=O)[C@H](CCCNC(=N)N)NC(=O)CNC(C)=O)=CCC4C(C2)N(C)CC[C@]314. The van der Waals surface area contributed by atoms with Crippen molar-refractivity contribution in [3.63, 3.8) is 0 Å². The molecule has 5 aliphatic rings. The number of likely N-dealkylation sites (tertiary alicyclic amines) is 2. The van der Waals surface area contributed by atoms with Gasteiger partial charge in [0, 0.05) is 43.6 Å². The number of likely N-dealkylation sites (N-methyl/N-ethyl adjacent to an activating group) is 1. The highest BCUT2D eigenvalue weighted by Crippen LogP contribution is 2.63. The lowest BCUT2D eigenvalue weighted by Gasteiger charge is -2.56. The summed E-state index contributed by atoms with van der Waals surface area (Å²) in [6.07, 6.45) is 4.02. The van der Waals surface area contributed by atoms with Crippen LogP contribution in [0.4, 0.5) is 4.79 Å². The maximum atomic E-state index is 14.1. The van der Waals surface area contributed by atoms with Crippen molar-refractivity contribution in [3.05, 3.63) is 35.1 Å². The minimum atomic E-state index is -1.01. The number of rotatable bonds is 13. The van der Waals surface area contributed by atoms with Crippen LogP contribution in [0.3, 0.4) is 0 Å². The molecule has 6 rings (SSSR count). The van der Waals surface area contributed by atoms with E-state index in [-0.39, 0.29) is 62.7 Å². The molecule has 1 aromatic carbocycles. The second-order valence-electron chi connectivity index (χ2n) is 14.7. The molecule has 2 fully saturated rings. The minimum absolute atomic E-state index is 0.0812. The van der Waals surface area contributed by atoms with Crippen molar-refractivity contribution >= 4 is 35.7 Å². The number of carboxylic acid groups (broad SMARTS) is 1. The molecule has 0 saturated carbocycles. The van der Waals surface area contributed by atoms with Gasteiger partial charge in [-0.3, -0.25) is 24.6 Å². The zero-order valence-corrected chi connectivity index (χ0v) is 30.4. The van der Waals surface area contributed by atoms with Crippen LogP contribution in [0, 0.1) is 17.2 Å². The van der Waals surface area contributed by atoms with Crippen LogP contribution in [0.15, 0.2) is 24.0 Å². The Bertz CT molecular complexity index is 1690. The van der Waals surface area contributed by atoms with Gasteiger partial charge in [-0.05, 0) is 82.2 Å². The summed E-state index contributed by atoms with van der Waals surface area (Å²) in [6.45, 7) is 2.09. The third kappa shape index (κ3) is 7.43. The van der Waals surface area contributed by atoms with Gasteiger partial charge in [-0.1, -0.05) is 6.07 Å². The molecule has 3 heterocycles. The number of ether oxygens (including phenoxy) is 3. The number of benzene rings is 1. The molecule has 2 bridgehead atoms. The number of nitrogens with two attached hydrogens (primary N) is 1. The number of aliphatic carboxylic acids is 1. The van der Waals surface area contributed by atoms with Crippen LogP contribution in [-0.4, -0.2) is 122 Å². The van der Waals surface area contributed by atoms with Crippen LogP contribution < -0.4 is 36.5 Å². The highest BCUT2D eigenvalue weighted by molar-refractivity contribution is 5.90. The predicted octanol–water partition coefficient (Wildman–Crippen LogP) is 0.160. The van der Waals surface area contributed by atoms with E-state index in [0.29, 0.717) is 36.1 Å². The van der Waals surface area contributed by atoms with E-state index in [2.05, 4.69) is 39.3 Å². The quantitative estimate of drug-likeness (QED) is 0.0814. The molecule has 2 saturated heterocycles. The van der Waals surface area contributed by atoms with Crippen LogP contribution in [0.2, 0.25) is 0 Å². The molecule has 0 aromatic heterocycles. The third-order valence-corrected chi connectivity index (χ3v) is 11.6. The van der Waals surface area contributed by atoms with Crippen LogP contribution in [-0.2, 0) is 35.8 Å². The lowest BCUT2D eigenvalue weighted by atomic mass is 9.53. The number of allylic oxidation sites excluding steroid dienone is 1. The van der Waals surface area contributed by atoms with Gasteiger partial charge in [-0.25, -0.2) is 4.79 Å². The van der Waals surface area contributed by atoms with Crippen LogP contribution in [0.1, 0.15) is 56.6 Å². The van der Waals surface area contributed by atoms with E-state index in [9.17, 15) is 29.1 Å². The summed E-state index contributed by atoms with van der Waals surface area (Å²) >= 11 is 0. The standard InChI is InChI=1S/C36H50N8O9/c1-19(45)40-18-28(46)42-24(5-4-12-39-34(37)38)32(47)41-17-22-15-21(33(48)49)10-13-44(22)35(50)52-27-9-7-23-25-16-20-6-8-26(51-3)30-29(20)36(23,31(27)53-30)11-14-43(25)2/h6,8-9,21-25,31H,4-5,7,10-18H2,1-3H3,(H,40,45)(H,41,47)(H,42,46)(H,48,49)(H4,37,38,39)/t21?,22?,23?,24-,25?,31?,36-/m0/s1. The van der Waals surface area contributed by atoms with Crippen LogP contribution >= 0.6 is 0 Å². The van der Waals surface area contributed by atoms with Crippen molar-refractivity contribution in [1.82, 2.24) is 31.1 Å². The Morgan fingerprint density at radius 3 is 2.68 bits per heavy atom. The van der Waals surface area contributed by atoms with Gasteiger partial charge in [0.25, 0.3) is 0 Å². The fourth-order valence-corrected chi connectivity index (χ4v) is 9.02. The Morgan fingerprint density at radius 2 is 1.96 bits per heavy atom. The van der Waals surface area contributed by atoms with E-state index < -0.39 is 53.9 Å². The van der Waals surface area contributed by atoms with Crippen LogP contribution in [0.25, 0.3) is 0 Å². The number of hydrogen-bond donors (Lipinski definition) is 7. The van der Waals surface area contributed by atoms with Crippen LogP contribution in [0.5, 0.6) is 11.5 Å². The molecule has 0 radical (unpaired) electrons. The number of carboxylic acids is 1. The van der Waals surface area contributed by atoms with Gasteiger partial charge in [-0.15, -0.1) is 0 Å². The summed E-state index contributed by atoms with van der Waals surface area (Å²) in [4.78, 5) is 67.4. The summed E-state index contributed by atoms with van der Waals surface area (Å²) in [5, 5.41) is 27.7. The molecule has 2 aliphatic carbocycles. The number of piperidine rings is 2. The number of carbonyl (C=O) groups is 5. The van der Waals surface area contributed by atoms with E-state index in [1.54, 1.807) is 7.11 Å². The van der Waals surface area contributed by atoms with Gasteiger partial charge < -0.3 is 56.1 Å². The van der Waals surface area contributed by atoms with Crippen molar-refractivity contribution in [2.75, 3.05) is 46.9 Å². The second kappa shape index (κ2) is 15.5. The average Bonchev–Trinajstić information content (AvgIpc) is 3.48. The maximum Gasteiger partial charge on any atom is 0.415 e. The molecule has 17 heteroatoms. The summed E-state index contributed by atoms with van der Waals surface area (Å²) < 4.78 is 18.7. The summed E-state index contributed by atoms with van der Waals surface area (Å²) in [6, 6.07) is 2.62. The monoisotopic (exact) mass is 738 g/mol. The number of methoxy groups -OCH3 is 1. The fraction of sp³-hybridized carbons (Fsp3) is 0.611. The van der Waals surface area contributed by atoms with Gasteiger partial charge in [0.05, 0.1) is 25.6 Å². The third-order valence-electron chi connectivity index (χ3n) is 11.6. The van der Waals surface area contributed by atoms with E-state index in [1.165, 1.54) is 17.4 Å². The molecule has 1 aromatic rings. The Kier molecular flexibility index (Phi) is 11.0. The summed E-state index contributed by atoms with van der Waals surface area (Å²) in [5.41, 5.74) is 7.34. The predicted molar refractivity (Wildman–Crippen MR) is 190 cm³/mol. The Morgan fingerprint density at radius 1 is 1.17 bits per heavy atom. The topological polar surface area (TPSA) is 238 Å². The van der Waals surface area contributed by atoms with E-state index in [1.807, 2.05) is 12.1 Å². The second-order valence-corrected chi connectivity index (χ2v) is 14.7. The van der Waals surface area contributed by atoms with Gasteiger partial charge in [0.2, 0.25) is 17.7 Å². The average molecular weight is 739 g/mol. The fourth-order valence-electron chi connectivity index (χ4n) is 9.02. The lowest BCUT2D eigenvalue weighted by Crippen LogP contribution is -2.63. The normalized spacial score (nSPS) is 27.2. The first-order valence-electron chi connectivity index (χ1n) is 18.2. The molecule has 5 unspecified atom stereocenters. The first-order valence-corrected chi connectivity index (χ1v) is 18.2. The Balaban J connectivity index is 1.18. The molecular formula is C36H50N8O9. The van der Waals surface area contributed by atoms with E-state index in [0.717, 1.165) is 24.9 Å². The maximum absolute atomic E-state index is 14.1. The lowest BCUT2D eigenvalue weighted by molar-refractivity contribution is -0.144. The smallest absolute Gasteiger partial charge is 0.415 e. The number of guanidine groups is 1. The van der Waals surface area contributed by atoms with Crippen molar-refractivity contribution in [2.24, 2.45) is 17.6 Å². The number of nitrogens with one attached hydrogen (secondary N) is 5. The molecule has 3 aliphatic heterocycles. The summed E-state index contributed by atoms with van der Waals surface area (Å²) in [7, 11) is 3.77. The molecule has 53 heavy (non-hydrogen) atoms. The summed E-state index contributed by atoms with van der Waals surface area (Å²) in [5.74, 6) is -1.48. The van der Waals surface area contributed by atoms with Crippen molar-refractivity contribution in [3.8, 4) is 11.5 Å². The first kappa shape index (κ1) is 37.7. The molecular weight excluding hydrogens is 688 g/mol. The first-order chi connectivity index (χ1) is 25.3. The van der Waals surface area contributed by atoms with E-state index >= 15 is 0 Å². The molecule has 7 atom stereocenters. The highest BCUT2D eigenvalue weighted by Gasteiger charge is 2.65. The van der Waals surface area contributed by atoms with Gasteiger partial charge in [0.15, 0.2) is 23.6 Å². The highest BCUT2D eigenvalue weighted by atomic mass is 16.6. The molecule has 288 valence electrons. The number of hydrogen-bond acceptors (Lipinski definition) is 10. The minimum Gasteiger partial charge on any atom is -0.493 e. The number of nitrogens with zero attached hydrogens (tertiary/aromatic N) is 2. The zero-order chi connectivity index (χ0) is 38.0.